The van der Waals surface area contributed by atoms with Gasteiger partial charge in [0.15, 0.2) is 11.4 Å². The zero-order valence-electron chi connectivity index (χ0n) is 12.0. The van der Waals surface area contributed by atoms with Crippen molar-refractivity contribution < 1.29 is 5.11 Å². The Morgan fingerprint density at radius 1 is 1.13 bits per heavy atom. The summed E-state index contributed by atoms with van der Waals surface area (Å²) in [5, 5.41) is 19.0. The standard InChI is InChI=1S/C16H11Cl2N3O2/c1-8-3-2-4-9(7-8)20-21-14-15(22)10-5-6-11(17)12(18)13(10)19-16(14)23/h2-7H,1H3,(H2,19,22,23). The maximum Gasteiger partial charge on any atom is 0.280 e. The highest BCUT2D eigenvalue weighted by atomic mass is 35.5. The number of nitrogens with one attached hydrogen (secondary N) is 1. The number of aryl methyl sites for hydroxylation is 1. The summed E-state index contributed by atoms with van der Waals surface area (Å²) in [6.45, 7) is 1.92. The molecule has 2 aromatic carbocycles. The maximum atomic E-state index is 12.1. The molecule has 0 saturated heterocycles. The minimum absolute atomic E-state index is 0.165. The van der Waals surface area contributed by atoms with E-state index in [1.165, 1.54) is 6.07 Å². The quantitative estimate of drug-likeness (QED) is 0.619. The zero-order chi connectivity index (χ0) is 16.6. The second-order valence-electron chi connectivity index (χ2n) is 4.97. The van der Waals surface area contributed by atoms with E-state index in [1.54, 1.807) is 12.1 Å². The molecule has 0 unspecified atom stereocenters. The smallest absolute Gasteiger partial charge is 0.280 e. The average Bonchev–Trinajstić information content (AvgIpc) is 2.51. The van der Waals surface area contributed by atoms with Gasteiger partial charge in [-0.2, -0.15) is 5.11 Å². The first-order valence-electron chi connectivity index (χ1n) is 6.68. The van der Waals surface area contributed by atoms with Crippen molar-refractivity contribution in [1.82, 2.24) is 4.98 Å². The summed E-state index contributed by atoms with van der Waals surface area (Å²) in [6, 6.07) is 10.4. The molecule has 0 fully saturated rings. The van der Waals surface area contributed by atoms with Crippen molar-refractivity contribution in [2.45, 2.75) is 6.92 Å². The molecule has 23 heavy (non-hydrogen) atoms. The van der Waals surface area contributed by atoms with Gasteiger partial charge in [-0.25, -0.2) is 0 Å². The van der Waals surface area contributed by atoms with E-state index in [9.17, 15) is 9.90 Å². The van der Waals surface area contributed by atoms with Crippen LogP contribution < -0.4 is 5.56 Å². The molecule has 1 heterocycles. The summed E-state index contributed by atoms with van der Waals surface area (Å²) < 4.78 is 0. The molecule has 116 valence electrons. The highest BCUT2D eigenvalue weighted by Crippen LogP contribution is 2.37. The van der Waals surface area contributed by atoms with Gasteiger partial charge in [-0.3, -0.25) is 4.79 Å². The zero-order valence-corrected chi connectivity index (χ0v) is 13.5. The number of nitrogens with zero attached hydrogens (tertiary/aromatic N) is 2. The molecule has 0 aliphatic heterocycles. The molecule has 3 aromatic rings. The Morgan fingerprint density at radius 2 is 1.91 bits per heavy atom. The van der Waals surface area contributed by atoms with Gasteiger partial charge in [0, 0.05) is 5.39 Å². The molecular weight excluding hydrogens is 337 g/mol. The largest absolute Gasteiger partial charge is 0.505 e. The predicted molar refractivity (Wildman–Crippen MR) is 91.6 cm³/mol. The van der Waals surface area contributed by atoms with Gasteiger partial charge in [0.1, 0.15) is 0 Å². The second kappa shape index (κ2) is 6.02. The van der Waals surface area contributed by atoms with E-state index in [2.05, 4.69) is 15.2 Å². The SMILES string of the molecule is Cc1cccc(N=Nc2c(O)c3ccc(Cl)c(Cl)c3[nH]c2=O)c1. The van der Waals surface area contributed by atoms with Crippen LogP contribution in [0.15, 0.2) is 51.4 Å². The normalized spacial score (nSPS) is 11.4. The number of H-pyrrole nitrogens is 1. The lowest BCUT2D eigenvalue weighted by atomic mass is 10.2. The molecule has 0 saturated carbocycles. The minimum atomic E-state index is -0.601. The van der Waals surface area contributed by atoms with Gasteiger partial charge in [0.2, 0.25) is 0 Å². The van der Waals surface area contributed by atoms with Crippen molar-refractivity contribution in [2.24, 2.45) is 10.2 Å². The van der Waals surface area contributed by atoms with Crippen LogP contribution in [0.5, 0.6) is 5.75 Å². The third kappa shape index (κ3) is 2.93. The number of aromatic hydroxyl groups is 1. The predicted octanol–water partition coefficient (Wildman–Crippen LogP) is 5.26. The Balaban J connectivity index is 2.15. The number of hydrogen-bond donors (Lipinski definition) is 2. The van der Waals surface area contributed by atoms with Crippen LogP contribution in [-0.2, 0) is 0 Å². The van der Waals surface area contributed by atoms with E-state index in [0.29, 0.717) is 11.1 Å². The van der Waals surface area contributed by atoms with Gasteiger partial charge in [0.25, 0.3) is 5.56 Å². The number of pyridine rings is 1. The first kappa shape index (κ1) is 15.5. The number of fused-ring (bicyclic) bond motifs is 1. The van der Waals surface area contributed by atoms with Gasteiger partial charge >= 0.3 is 0 Å². The number of aromatic amines is 1. The molecule has 1 aromatic heterocycles. The molecule has 0 aliphatic rings. The van der Waals surface area contributed by atoms with Crippen molar-refractivity contribution >= 4 is 45.5 Å². The van der Waals surface area contributed by atoms with Gasteiger partial charge in [-0.05, 0) is 36.8 Å². The first-order valence-corrected chi connectivity index (χ1v) is 7.44. The number of aromatic nitrogens is 1. The molecule has 5 nitrogen and oxygen atoms in total. The summed E-state index contributed by atoms with van der Waals surface area (Å²) in [5.74, 6) is -0.293. The Kier molecular flexibility index (Phi) is 4.07. The monoisotopic (exact) mass is 347 g/mol. The fourth-order valence-electron chi connectivity index (χ4n) is 2.17. The summed E-state index contributed by atoms with van der Waals surface area (Å²) >= 11 is 12.0. The summed E-state index contributed by atoms with van der Waals surface area (Å²) in [4.78, 5) is 14.7. The lowest BCUT2D eigenvalue weighted by Crippen LogP contribution is -2.05. The van der Waals surface area contributed by atoms with Gasteiger partial charge in [0.05, 0.1) is 21.2 Å². The van der Waals surface area contributed by atoms with Crippen LogP contribution in [0.1, 0.15) is 5.56 Å². The van der Waals surface area contributed by atoms with Gasteiger partial charge in [-0.1, -0.05) is 35.3 Å². The average molecular weight is 348 g/mol. The van der Waals surface area contributed by atoms with Gasteiger partial charge < -0.3 is 10.1 Å². The van der Waals surface area contributed by atoms with Crippen LogP contribution in [0, 0.1) is 6.92 Å². The minimum Gasteiger partial charge on any atom is -0.505 e. The number of halogens is 2. The van der Waals surface area contributed by atoms with Crippen LogP contribution in [0.4, 0.5) is 11.4 Å². The fraction of sp³-hybridized carbons (Fsp3) is 0.0625. The molecule has 0 spiro atoms. The van der Waals surface area contributed by atoms with Crippen LogP contribution in [0.25, 0.3) is 10.9 Å². The van der Waals surface area contributed by atoms with Gasteiger partial charge in [-0.15, -0.1) is 5.11 Å². The Labute approximate surface area is 141 Å². The summed E-state index contributed by atoms with van der Waals surface area (Å²) in [5.41, 5.74) is 1.07. The second-order valence-corrected chi connectivity index (χ2v) is 5.76. The number of hydrogen-bond acceptors (Lipinski definition) is 4. The number of azo groups is 1. The molecule has 0 amide bonds. The molecule has 0 radical (unpaired) electrons. The van der Waals surface area contributed by atoms with Crippen molar-refractivity contribution in [2.75, 3.05) is 0 Å². The van der Waals surface area contributed by atoms with Crippen molar-refractivity contribution in [3.05, 3.63) is 62.4 Å². The van der Waals surface area contributed by atoms with Crippen molar-refractivity contribution in [3.8, 4) is 5.75 Å². The Morgan fingerprint density at radius 3 is 2.65 bits per heavy atom. The van der Waals surface area contributed by atoms with E-state index in [4.69, 9.17) is 23.2 Å². The lowest BCUT2D eigenvalue weighted by molar-refractivity contribution is 0.481. The van der Waals surface area contributed by atoms with Crippen molar-refractivity contribution in [3.63, 3.8) is 0 Å². The molecule has 0 aliphatic carbocycles. The summed E-state index contributed by atoms with van der Waals surface area (Å²) in [7, 11) is 0. The van der Waals surface area contributed by atoms with Crippen LogP contribution >= 0.6 is 23.2 Å². The first-order chi connectivity index (χ1) is 11.0. The van der Waals surface area contributed by atoms with Crippen molar-refractivity contribution in [1.29, 1.82) is 0 Å². The third-order valence-electron chi connectivity index (χ3n) is 3.29. The van der Waals surface area contributed by atoms with E-state index in [1.807, 2.05) is 25.1 Å². The number of rotatable bonds is 2. The maximum absolute atomic E-state index is 12.1. The topological polar surface area (TPSA) is 77.8 Å². The third-order valence-corrected chi connectivity index (χ3v) is 4.10. The Bertz CT molecular complexity index is 997. The van der Waals surface area contributed by atoms with Crippen LogP contribution in [0.3, 0.4) is 0 Å². The van der Waals surface area contributed by atoms with Crippen LogP contribution in [-0.4, -0.2) is 10.1 Å². The fourth-order valence-corrected chi connectivity index (χ4v) is 2.54. The molecule has 0 atom stereocenters. The molecule has 0 bridgehead atoms. The molecule has 2 N–H and O–H groups in total. The molecule has 3 rings (SSSR count). The lowest BCUT2D eigenvalue weighted by Gasteiger charge is -2.06. The molecular formula is C16H11Cl2N3O2. The highest BCUT2D eigenvalue weighted by Gasteiger charge is 2.15. The molecule has 7 heteroatoms. The Hall–Kier alpha value is -2.37. The number of benzene rings is 2. The highest BCUT2D eigenvalue weighted by molar-refractivity contribution is 6.45. The van der Waals surface area contributed by atoms with E-state index >= 15 is 0 Å². The van der Waals surface area contributed by atoms with E-state index < -0.39 is 5.56 Å². The summed E-state index contributed by atoms with van der Waals surface area (Å²) in [6.07, 6.45) is 0. The van der Waals surface area contributed by atoms with E-state index in [0.717, 1.165) is 5.56 Å². The van der Waals surface area contributed by atoms with E-state index in [-0.39, 0.29) is 27.0 Å². The van der Waals surface area contributed by atoms with Crippen LogP contribution in [0.2, 0.25) is 10.0 Å².